The Bertz CT molecular complexity index is 1360. The van der Waals surface area contributed by atoms with E-state index in [1.807, 2.05) is 24.1 Å². The number of benzene rings is 1. The Labute approximate surface area is 208 Å². The van der Waals surface area contributed by atoms with Crippen molar-refractivity contribution in [1.82, 2.24) is 30.0 Å². The fourth-order valence-corrected chi connectivity index (χ4v) is 6.09. The number of H-pyrrole nitrogens is 1. The molecule has 5 rings (SSSR count). The summed E-state index contributed by atoms with van der Waals surface area (Å²) in [6, 6.07) is 3.93. The van der Waals surface area contributed by atoms with Gasteiger partial charge in [0.2, 0.25) is 5.91 Å². The molecule has 3 heterocycles. The molecule has 184 valence electrons. The van der Waals surface area contributed by atoms with E-state index in [0.717, 1.165) is 71.4 Å². The van der Waals surface area contributed by atoms with Crippen LogP contribution in [0.25, 0.3) is 21.1 Å². The molecule has 1 amide bonds. The molecule has 1 unspecified atom stereocenters. The molecule has 0 fully saturated rings. The summed E-state index contributed by atoms with van der Waals surface area (Å²) in [6.07, 6.45) is 6.81. The first-order valence-electron chi connectivity index (χ1n) is 11.9. The van der Waals surface area contributed by atoms with Crippen LogP contribution in [0.4, 0.5) is 11.5 Å². The zero-order valence-corrected chi connectivity index (χ0v) is 21.4. The molecule has 0 bridgehead atoms. The van der Waals surface area contributed by atoms with Gasteiger partial charge in [-0.2, -0.15) is 5.10 Å². The second kappa shape index (κ2) is 9.79. The van der Waals surface area contributed by atoms with Crippen LogP contribution in [0, 0.1) is 5.92 Å². The van der Waals surface area contributed by atoms with Crippen molar-refractivity contribution in [3.05, 3.63) is 35.1 Å². The highest BCUT2D eigenvalue weighted by Gasteiger charge is 2.30. The number of aryl methyl sites for hydroxylation is 1. The van der Waals surface area contributed by atoms with Gasteiger partial charge in [0.25, 0.3) is 0 Å². The molecule has 4 aromatic rings. The second-order valence-electron chi connectivity index (χ2n) is 9.40. The Balaban J connectivity index is 1.39. The zero-order valence-electron chi connectivity index (χ0n) is 20.6. The molecule has 0 saturated carbocycles. The number of nitrogens with one attached hydrogen (secondary N) is 2. The summed E-state index contributed by atoms with van der Waals surface area (Å²) in [5, 5.41) is 12.6. The van der Waals surface area contributed by atoms with Crippen LogP contribution in [0.5, 0.6) is 5.75 Å². The predicted octanol–water partition coefficient (Wildman–Crippen LogP) is 3.83. The lowest BCUT2D eigenvalue weighted by molar-refractivity contribution is -0.134. The number of carbonyl (C=O) groups is 1. The molecule has 2 N–H and O–H groups in total. The van der Waals surface area contributed by atoms with Gasteiger partial charge in [-0.05, 0) is 58.0 Å². The fraction of sp³-hybridized carbons (Fsp3) is 0.440. The van der Waals surface area contributed by atoms with E-state index in [1.54, 1.807) is 31.0 Å². The third-order valence-corrected chi connectivity index (χ3v) is 7.85. The molecule has 0 aliphatic heterocycles. The van der Waals surface area contributed by atoms with Crippen molar-refractivity contribution in [2.45, 2.75) is 25.7 Å². The first-order valence-corrected chi connectivity index (χ1v) is 12.7. The van der Waals surface area contributed by atoms with E-state index < -0.39 is 0 Å². The molecule has 1 aromatic carbocycles. The third kappa shape index (κ3) is 4.68. The van der Waals surface area contributed by atoms with Gasteiger partial charge in [-0.15, -0.1) is 11.3 Å². The maximum atomic E-state index is 13.1. The molecule has 9 nitrogen and oxygen atoms in total. The van der Waals surface area contributed by atoms with Gasteiger partial charge in [-0.3, -0.25) is 9.89 Å². The Kier molecular flexibility index (Phi) is 6.57. The van der Waals surface area contributed by atoms with E-state index in [-0.39, 0.29) is 11.8 Å². The SMILES string of the molecule is COc1cc2[nH]ncc2cc1Nc1ncnc2sc3c(c12)CCC(C(=O)N(C)CCCN(C)C)C3. The topological polar surface area (TPSA) is 99.3 Å². The zero-order chi connectivity index (χ0) is 24.5. The van der Waals surface area contributed by atoms with Gasteiger partial charge in [0.15, 0.2) is 0 Å². The van der Waals surface area contributed by atoms with E-state index in [1.165, 1.54) is 10.4 Å². The van der Waals surface area contributed by atoms with Gasteiger partial charge in [0.05, 0.1) is 29.9 Å². The maximum absolute atomic E-state index is 13.1. The monoisotopic (exact) mass is 493 g/mol. The number of aromatic amines is 1. The standard InChI is InChI=1S/C25H31N7O2S/c1-31(2)8-5-9-32(3)25(33)15-6-7-17-21(11-15)35-24-22(17)23(26-14-27-24)29-19-10-16-13-28-30-18(16)12-20(19)34-4/h10,12-15H,5-9,11H2,1-4H3,(H,28,30)(H,26,27,29). The number of methoxy groups -OCH3 is 1. The first-order chi connectivity index (χ1) is 16.9. The molecule has 1 atom stereocenters. The van der Waals surface area contributed by atoms with Gasteiger partial charge in [0, 0.05) is 35.8 Å². The summed E-state index contributed by atoms with van der Waals surface area (Å²) in [5.41, 5.74) is 3.00. The summed E-state index contributed by atoms with van der Waals surface area (Å²) in [4.78, 5) is 28.5. The number of amides is 1. The Morgan fingerprint density at radius 2 is 2.11 bits per heavy atom. The Morgan fingerprint density at radius 1 is 1.26 bits per heavy atom. The van der Waals surface area contributed by atoms with Gasteiger partial charge < -0.3 is 19.9 Å². The number of anilines is 2. The summed E-state index contributed by atoms with van der Waals surface area (Å²) in [6.45, 7) is 1.77. The number of nitrogens with zero attached hydrogens (tertiary/aromatic N) is 5. The van der Waals surface area contributed by atoms with Crippen LogP contribution in [0.1, 0.15) is 23.3 Å². The minimum atomic E-state index is 0.0212. The minimum absolute atomic E-state index is 0.0212. The number of thiophene rings is 1. The maximum Gasteiger partial charge on any atom is 0.225 e. The van der Waals surface area contributed by atoms with Crippen molar-refractivity contribution in [3.8, 4) is 5.75 Å². The number of carbonyl (C=O) groups excluding carboxylic acids is 1. The van der Waals surface area contributed by atoms with Gasteiger partial charge in [-0.1, -0.05) is 0 Å². The first kappa shape index (κ1) is 23.5. The summed E-state index contributed by atoms with van der Waals surface area (Å²) in [5.74, 6) is 1.74. The summed E-state index contributed by atoms with van der Waals surface area (Å²) < 4.78 is 5.61. The smallest absolute Gasteiger partial charge is 0.225 e. The van der Waals surface area contributed by atoms with Crippen LogP contribution >= 0.6 is 11.3 Å². The number of hydrogen-bond donors (Lipinski definition) is 2. The van der Waals surface area contributed by atoms with Crippen molar-refractivity contribution in [2.75, 3.05) is 46.7 Å². The minimum Gasteiger partial charge on any atom is -0.494 e. The molecule has 35 heavy (non-hydrogen) atoms. The van der Waals surface area contributed by atoms with E-state index in [2.05, 4.69) is 44.5 Å². The molecular weight excluding hydrogens is 462 g/mol. The van der Waals surface area contributed by atoms with Crippen LogP contribution < -0.4 is 10.1 Å². The summed E-state index contributed by atoms with van der Waals surface area (Å²) in [7, 11) is 7.70. The highest BCUT2D eigenvalue weighted by molar-refractivity contribution is 7.19. The third-order valence-electron chi connectivity index (χ3n) is 6.68. The average Bonchev–Trinajstić information content (AvgIpc) is 3.46. The van der Waals surface area contributed by atoms with Crippen LogP contribution in [-0.4, -0.2) is 77.2 Å². The molecule has 1 aliphatic rings. The highest BCUT2D eigenvalue weighted by Crippen LogP contribution is 2.41. The number of aromatic nitrogens is 4. The number of ether oxygens (including phenoxy) is 1. The quantitative estimate of drug-likeness (QED) is 0.385. The highest BCUT2D eigenvalue weighted by atomic mass is 32.1. The molecule has 10 heteroatoms. The number of fused-ring (bicyclic) bond motifs is 4. The van der Waals surface area contributed by atoms with Crippen molar-refractivity contribution in [2.24, 2.45) is 5.92 Å². The van der Waals surface area contributed by atoms with Crippen LogP contribution in [0.3, 0.4) is 0 Å². The van der Waals surface area contributed by atoms with Crippen molar-refractivity contribution in [1.29, 1.82) is 0 Å². The van der Waals surface area contributed by atoms with E-state index >= 15 is 0 Å². The predicted molar refractivity (Wildman–Crippen MR) is 140 cm³/mol. The van der Waals surface area contributed by atoms with E-state index in [9.17, 15) is 4.79 Å². The second-order valence-corrected chi connectivity index (χ2v) is 10.5. The molecule has 0 spiro atoms. The molecular formula is C25H31N7O2S. The number of rotatable bonds is 8. The largest absolute Gasteiger partial charge is 0.494 e. The molecule has 0 saturated heterocycles. The van der Waals surface area contributed by atoms with Crippen molar-refractivity contribution in [3.63, 3.8) is 0 Å². The fourth-order valence-electron chi connectivity index (χ4n) is 4.83. The van der Waals surface area contributed by atoms with Gasteiger partial charge in [0.1, 0.15) is 22.7 Å². The Morgan fingerprint density at radius 3 is 2.91 bits per heavy atom. The molecule has 1 aliphatic carbocycles. The van der Waals surface area contributed by atoms with Gasteiger partial charge >= 0.3 is 0 Å². The average molecular weight is 494 g/mol. The van der Waals surface area contributed by atoms with E-state index in [4.69, 9.17) is 4.74 Å². The van der Waals surface area contributed by atoms with Crippen LogP contribution in [0.2, 0.25) is 0 Å². The van der Waals surface area contributed by atoms with Crippen molar-refractivity contribution < 1.29 is 9.53 Å². The lowest BCUT2D eigenvalue weighted by atomic mass is 9.87. The van der Waals surface area contributed by atoms with Crippen molar-refractivity contribution >= 4 is 49.9 Å². The normalized spacial score (nSPS) is 15.5. The molecule has 3 aromatic heterocycles. The Hall–Kier alpha value is -3.24. The van der Waals surface area contributed by atoms with Crippen LogP contribution in [0.15, 0.2) is 24.7 Å². The van der Waals surface area contributed by atoms with E-state index in [0.29, 0.717) is 5.75 Å². The summed E-state index contributed by atoms with van der Waals surface area (Å²) >= 11 is 1.68. The number of hydrogen-bond acceptors (Lipinski definition) is 8. The molecule has 0 radical (unpaired) electrons. The van der Waals surface area contributed by atoms with Crippen LogP contribution in [-0.2, 0) is 17.6 Å². The lowest BCUT2D eigenvalue weighted by Gasteiger charge is -2.27. The van der Waals surface area contributed by atoms with Gasteiger partial charge in [-0.25, -0.2) is 9.97 Å². The lowest BCUT2D eigenvalue weighted by Crippen LogP contribution is -2.36.